The normalized spacial score (nSPS) is 20.7. The maximum absolute atomic E-state index is 12.0. The number of likely N-dealkylation sites (tertiary alicyclic amines) is 1. The zero-order valence-electron chi connectivity index (χ0n) is 10.1. The zero-order chi connectivity index (χ0) is 13.1. The van der Waals surface area contributed by atoms with E-state index in [4.69, 9.17) is 0 Å². The van der Waals surface area contributed by atoms with Gasteiger partial charge < -0.3 is 15.3 Å². The molecule has 2 rings (SSSR count). The van der Waals surface area contributed by atoms with Gasteiger partial charge in [0.25, 0.3) is 0 Å². The molecule has 1 saturated heterocycles. The zero-order valence-corrected chi connectivity index (χ0v) is 10.9. The molecule has 1 fully saturated rings. The lowest BCUT2D eigenvalue weighted by Crippen LogP contribution is -2.44. The quantitative estimate of drug-likeness (QED) is 0.881. The second kappa shape index (κ2) is 5.39. The van der Waals surface area contributed by atoms with Gasteiger partial charge in [0.2, 0.25) is 0 Å². The Labute approximate surface area is 109 Å². The van der Waals surface area contributed by atoms with Crippen LogP contribution >= 0.6 is 11.3 Å². The number of urea groups is 1. The molecule has 2 atom stereocenters. The fraction of sp³-hybridized carbons (Fsp3) is 0.500. The second-order valence-corrected chi connectivity index (χ2v) is 5.40. The molecule has 0 aromatic carbocycles. The van der Waals surface area contributed by atoms with E-state index in [-0.39, 0.29) is 12.1 Å². The number of hydrogen-bond donors (Lipinski definition) is 2. The molecule has 0 aliphatic carbocycles. The largest absolute Gasteiger partial charge is 0.479 e. The molecule has 2 amide bonds. The fourth-order valence-electron chi connectivity index (χ4n) is 2.15. The van der Waals surface area contributed by atoms with Crippen molar-refractivity contribution in [1.82, 2.24) is 10.2 Å². The van der Waals surface area contributed by atoms with Gasteiger partial charge in [-0.15, -0.1) is 11.3 Å². The van der Waals surface area contributed by atoms with E-state index >= 15 is 0 Å². The SMILES string of the molecule is CC1CCCN1C(=O)NC(C(=O)O)c1cccs1. The van der Waals surface area contributed by atoms with E-state index in [0.717, 1.165) is 12.8 Å². The van der Waals surface area contributed by atoms with Crippen LogP contribution in [0, 0.1) is 0 Å². The van der Waals surface area contributed by atoms with Crippen LogP contribution in [-0.4, -0.2) is 34.6 Å². The van der Waals surface area contributed by atoms with Crippen molar-refractivity contribution in [2.45, 2.75) is 31.8 Å². The van der Waals surface area contributed by atoms with E-state index in [2.05, 4.69) is 5.32 Å². The molecular weight excluding hydrogens is 252 g/mol. The average Bonchev–Trinajstić information content (AvgIpc) is 2.95. The Kier molecular flexibility index (Phi) is 3.86. The lowest BCUT2D eigenvalue weighted by molar-refractivity contribution is -0.139. The summed E-state index contributed by atoms with van der Waals surface area (Å²) in [5.74, 6) is -1.03. The highest BCUT2D eigenvalue weighted by molar-refractivity contribution is 7.10. The number of carbonyl (C=O) groups is 2. The number of aliphatic carboxylic acids is 1. The molecule has 2 heterocycles. The number of thiophene rings is 1. The maximum atomic E-state index is 12.0. The topological polar surface area (TPSA) is 69.6 Å². The second-order valence-electron chi connectivity index (χ2n) is 4.42. The molecular formula is C12H16N2O3S. The smallest absolute Gasteiger partial charge is 0.331 e. The number of carboxylic acid groups (broad SMARTS) is 1. The van der Waals surface area contributed by atoms with Gasteiger partial charge in [-0.3, -0.25) is 0 Å². The number of amides is 2. The van der Waals surface area contributed by atoms with Crippen molar-refractivity contribution in [3.63, 3.8) is 0 Å². The van der Waals surface area contributed by atoms with Crippen molar-refractivity contribution in [3.05, 3.63) is 22.4 Å². The summed E-state index contributed by atoms with van der Waals surface area (Å²) < 4.78 is 0. The molecule has 2 unspecified atom stereocenters. The minimum absolute atomic E-state index is 0.183. The van der Waals surface area contributed by atoms with E-state index < -0.39 is 12.0 Å². The first-order chi connectivity index (χ1) is 8.59. The number of nitrogens with one attached hydrogen (secondary N) is 1. The molecule has 5 nitrogen and oxygen atoms in total. The highest BCUT2D eigenvalue weighted by Crippen LogP contribution is 2.21. The summed E-state index contributed by atoms with van der Waals surface area (Å²) in [6.07, 6.45) is 1.95. The van der Waals surface area contributed by atoms with Crippen molar-refractivity contribution < 1.29 is 14.7 Å². The van der Waals surface area contributed by atoms with Crippen LogP contribution in [0.5, 0.6) is 0 Å². The molecule has 0 radical (unpaired) electrons. The molecule has 6 heteroatoms. The molecule has 18 heavy (non-hydrogen) atoms. The number of carbonyl (C=O) groups excluding carboxylic acids is 1. The van der Waals surface area contributed by atoms with Crippen molar-refractivity contribution in [3.8, 4) is 0 Å². The Hall–Kier alpha value is -1.56. The van der Waals surface area contributed by atoms with Gasteiger partial charge in [-0.25, -0.2) is 9.59 Å². The summed E-state index contributed by atoms with van der Waals surface area (Å²) in [4.78, 5) is 25.6. The standard InChI is InChI=1S/C12H16N2O3S/c1-8-4-2-6-14(8)12(17)13-10(11(15)16)9-5-3-7-18-9/h3,5,7-8,10H,2,4,6H2,1H3,(H,13,17)(H,15,16). The number of rotatable bonds is 3. The van der Waals surface area contributed by atoms with Crippen LogP contribution in [0.2, 0.25) is 0 Å². The summed E-state index contributed by atoms with van der Waals surface area (Å²) in [7, 11) is 0. The van der Waals surface area contributed by atoms with Crippen LogP contribution in [0.1, 0.15) is 30.7 Å². The van der Waals surface area contributed by atoms with Gasteiger partial charge >= 0.3 is 12.0 Å². The Morgan fingerprint density at radius 1 is 1.61 bits per heavy atom. The Morgan fingerprint density at radius 3 is 2.89 bits per heavy atom. The van der Waals surface area contributed by atoms with E-state index in [1.807, 2.05) is 6.92 Å². The van der Waals surface area contributed by atoms with Gasteiger partial charge in [0.05, 0.1) is 0 Å². The first-order valence-corrected chi connectivity index (χ1v) is 6.81. The van der Waals surface area contributed by atoms with E-state index in [1.54, 1.807) is 22.4 Å². The lowest BCUT2D eigenvalue weighted by Gasteiger charge is -2.24. The van der Waals surface area contributed by atoms with Gasteiger partial charge in [0.15, 0.2) is 6.04 Å². The lowest BCUT2D eigenvalue weighted by atomic mass is 10.2. The van der Waals surface area contributed by atoms with Gasteiger partial charge in [-0.05, 0) is 31.2 Å². The van der Waals surface area contributed by atoms with E-state index in [9.17, 15) is 14.7 Å². The van der Waals surface area contributed by atoms with E-state index in [1.165, 1.54) is 11.3 Å². The molecule has 1 aromatic rings. The van der Waals surface area contributed by atoms with Crippen LogP contribution in [0.25, 0.3) is 0 Å². The highest BCUT2D eigenvalue weighted by atomic mass is 32.1. The fourth-order valence-corrected chi connectivity index (χ4v) is 2.92. The van der Waals surface area contributed by atoms with Crippen LogP contribution in [-0.2, 0) is 4.79 Å². The minimum Gasteiger partial charge on any atom is -0.479 e. The van der Waals surface area contributed by atoms with Gasteiger partial charge in [-0.2, -0.15) is 0 Å². The first-order valence-electron chi connectivity index (χ1n) is 5.93. The van der Waals surface area contributed by atoms with Crippen LogP contribution in [0.3, 0.4) is 0 Å². The number of hydrogen-bond acceptors (Lipinski definition) is 3. The van der Waals surface area contributed by atoms with Crippen LogP contribution in [0.15, 0.2) is 17.5 Å². The molecule has 1 aliphatic rings. The maximum Gasteiger partial charge on any atom is 0.331 e. The van der Waals surface area contributed by atoms with Crippen LogP contribution < -0.4 is 5.32 Å². The molecule has 98 valence electrons. The third-order valence-corrected chi connectivity index (χ3v) is 4.09. The molecule has 2 N–H and O–H groups in total. The summed E-state index contributed by atoms with van der Waals surface area (Å²) in [6.45, 7) is 2.68. The van der Waals surface area contributed by atoms with Crippen molar-refractivity contribution in [2.24, 2.45) is 0 Å². The third kappa shape index (κ3) is 2.64. The third-order valence-electron chi connectivity index (χ3n) is 3.16. The monoisotopic (exact) mass is 268 g/mol. The number of carboxylic acids is 1. The van der Waals surface area contributed by atoms with Crippen molar-refractivity contribution >= 4 is 23.3 Å². The molecule has 0 spiro atoms. The average molecular weight is 268 g/mol. The van der Waals surface area contributed by atoms with Gasteiger partial charge in [-0.1, -0.05) is 6.07 Å². The molecule has 0 bridgehead atoms. The highest BCUT2D eigenvalue weighted by Gasteiger charge is 2.29. The number of nitrogens with zero attached hydrogens (tertiary/aromatic N) is 1. The predicted molar refractivity (Wildman–Crippen MR) is 68.6 cm³/mol. The Balaban J connectivity index is 2.06. The van der Waals surface area contributed by atoms with Crippen molar-refractivity contribution in [2.75, 3.05) is 6.54 Å². The molecule has 0 saturated carbocycles. The predicted octanol–water partition coefficient (Wildman–Crippen LogP) is 2.07. The van der Waals surface area contributed by atoms with Gasteiger partial charge in [0, 0.05) is 17.5 Å². The van der Waals surface area contributed by atoms with Gasteiger partial charge in [0.1, 0.15) is 0 Å². The van der Waals surface area contributed by atoms with E-state index in [0.29, 0.717) is 11.4 Å². The minimum atomic E-state index is -1.03. The Bertz CT molecular complexity index is 433. The molecule has 1 aromatic heterocycles. The summed E-state index contributed by atoms with van der Waals surface area (Å²) >= 11 is 1.33. The summed E-state index contributed by atoms with van der Waals surface area (Å²) in [6, 6.07) is 2.44. The summed E-state index contributed by atoms with van der Waals surface area (Å²) in [5, 5.41) is 13.6. The van der Waals surface area contributed by atoms with Crippen molar-refractivity contribution in [1.29, 1.82) is 0 Å². The summed E-state index contributed by atoms with van der Waals surface area (Å²) in [5.41, 5.74) is 0. The molecule has 1 aliphatic heterocycles. The first kappa shape index (κ1) is 12.9. The Morgan fingerprint density at radius 2 is 2.39 bits per heavy atom. The van der Waals surface area contributed by atoms with Crippen LogP contribution in [0.4, 0.5) is 4.79 Å².